The van der Waals surface area contributed by atoms with Crippen molar-refractivity contribution >= 4 is 11.9 Å². The molecule has 2 rings (SSSR count). The van der Waals surface area contributed by atoms with Gasteiger partial charge in [0.05, 0.1) is 12.3 Å². The zero-order chi connectivity index (χ0) is 16.1. The number of carboxylic acid groups (broad SMARTS) is 1. The fraction of sp³-hybridized carbons (Fsp3) is 0.500. The highest BCUT2D eigenvalue weighted by molar-refractivity contribution is 5.80. The fourth-order valence-electron chi connectivity index (χ4n) is 2.89. The number of benzene rings is 1. The highest BCUT2D eigenvalue weighted by Crippen LogP contribution is 2.24. The summed E-state index contributed by atoms with van der Waals surface area (Å²) in [5.74, 6) is -3.29. The van der Waals surface area contributed by atoms with E-state index < -0.39 is 35.5 Å². The predicted octanol–water partition coefficient (Wildman–Crippen LogP) is 2.66. The first-order valence-electron chi connectivity index (χ1n) is 7.43. The summed E-state index contributed by atoms with van der Waals surface area (Å²) in [6, 6.07) is 2.49. The van der Waals surface area contributed by atoms with E-state index in [0.717, 1.165) is 37.5 Å². The van der Waals surface area contributed by atoms with E-state index in [4.69, 9.17) is 0 Å². The van der Waals surface area contributed by atoms with Crippen molar-refractivity contribution in [3.63, 3.8) is 0 Å². The second-order valence-electron chi connectivity index (χ2n) is 5.67. The van der Waals surface area contributed by atoms with Crippen LogP contribution in [-0.2, 0) is 16.0 Å². The highest BCUT2D eigenvalue weighted by Gasteiger charge is 2.30. The lowest BCUT2D eigenvalue weighted by atomic mass is 9.94. The molecule has 2 N–H and O–H groups in total. The number of hydrogen-bond donors (Lipinski definition) is 2. The molecule has 0 saturated heterocycles. The maximum absolute atomic E-state index is 13.5. The average Bonchev–Trinajstić information content (AvgIpc) is 2.68. The number of carbonyl (C=O) groups excluding carboxylic acids is 1. The summed E-state index contributed by atoms with van der Waals surface area (Å²) in [6.45, 7) is 0. The largest absolute Gasteiger partial charge is 0.481 e. The molecule has 0 bridgehead atoms. The molecule has 22 heavy (non-hydrogen) atoms. The van der Waals surface area contributed by atoms with Crippen molar-refractivity contribution in [2.75, 3.05) is 0 Å². The Labute approximate surface area is 127 Å². The SMILES string of the molecule is O=C(Cc1cc(F)ccc1F)NC1CCCCCC1C(=O)O. The van der Waals surface area contributed by atoms with Gasteiger partial charge in [0.15, 0.2) is 0 Å². The fourth-order valence-corrected chi connectivity index (χ4v) is 2.89. The van der Waals surface area contributed by atoms with Crippen LogP contribution in [0.3, 0.4) is 0 Å². The number of carbonyl (C=O) groups is 2. The van der Waals surface area contributed by atoms with Crippen LogP contribution in [0, 0.1) is 17.6 Å². The van der Waals surface area contributed by atoms with Crippen LogP contribution in [0.4, 0.5) is 8.78 Å². The topological polar surface area (TPSA) is 66.4 Å². The van der Waals surface area contributed by atoms with Gasteiger partial charge in [0, 0.05) is 11.6 Å². The van der Waals surface area contributed by atoms with E-state index in [0.29, 0.717) is 12.8 Å². The Hall–Kier alpha value is -1.98. The van der Waals surface area contributed by atoms with Gasteiger partial charge in [-0.2, -0.15) is 0 Å². The highest BCUT2D eigenvalue weighted by atomic mass is 19.1. The minimum Gasteiger partial charge on any atom is -0.481 e. The molecule has 6 heteroatoms. The van der Waals surface area contributed by atoms with Crippen molar-refractivity contribution in [1.82, 2.24) is 5.32 Å². The molecular weight excluding hydrogens is 292 g/mol. The maximum atomic E-state index is 13.5. The van der Waals surface area contributed by atoms with E-state index in [1.54, 1.807) is 0 Å². The number of aliphatic carboxylic acids is 1. The summed E-state index contributed by atoms with van der Waals surface area (Å²) in [4.78, 5) is 23.3. The molecule has 1 aliphatic carbocycles. The molecule has 0 heterocycles. The third kappa shape index (κ3) is 4.26. The molecule has 1 saturated carbocycles. The molecule has 0 aliphatic heterocycles. The van der Waals surface area contributed by atoms with Crippen LogP contribution in [0.2, 0.25) is 0 Å². The van der Waals surface area contributed by atoms with Gasteiger partial charge in [-0.15, -0.1) is 0 Å². The van der Waals surface area contributed by atoms with Crippen molar-refractivity contribution in [3.05, 3.63) is 35.4 Å². The van der Waals surface area contributed by atoms with Crippen LogP contribution in [-0.4, -0.2) is 23.0 Å². The molecule has 0 aromatic heterocycles. The molecule has 120 valence electrons. The molecule has 0 spiro atoms. The number of carboxylic acids is 1. The third-order valence-corrected chi connectivity index (χ3v) is 4.04. The Morgan fingerprint density at radius 1 is 1.18 bits per heavy atom. The van der Waals surface area contributed by atoms with Gasteiger partial charge >= 0.3 is 5.97 Å². The summed E-state index contributed by atoms with van der Waals surface area (Å²) in [5, 5.41) is 11.9. The Balaban J connectivity index is 2.03. The first kappa shape index (κ1) is 16.4. The Kier molecular flexibility index (Phi) is 5.46. The summed E-state index contributed by atoms with van der Waals surface area (Å²) >= 11 is 0. The molecule has 1 aliphatic rings. The standard InChI is InChI=1S/C16H19F2NO3/c17-11-6-7-13(18)10(8-11)9-15(20)19-14-5-3-1-2-4-12(14)16(21)22/h6-8,12,14H,1-5,9H2,(H,19,20)(H,21,22). The molecule has 0 radical (unpaired) electrons. The van der Waals surface area contributed by atoms with Crippen LogP contribution >= 0.6 is 0 Å². The van der Waals surface area contributed by atoms with Crippen LogP contribution in [0.1, 0.15) is 37.7 Å². The van der Waals surface area contributed by atoms with Crippen molar-refractivity contribution in [2.24, 2.45) is 5.92 Å². The zero-order valence-corrected chi connectivity index (χ0v) is 12.1. The Morgan fingerprint density at radius 2 is 1.91 bits per heavy atom. The van der Waals surface area contributed by atoms with Crippen molar-refractivity contribution < 1.29 is 23.5 Å². The smallest absolute Gasteiger partial charge is 0.308 e. The third-order valence-electron chi connectivity index (χ3n) is 4.04. The van der Waals surface area contributed by atoms with E-state index in [1.807, 2.05) is 0 Å². The van der Waals surface area contributed by atoms with Gasteiger partial charge in [0.2, 0.25) is 5.91 Å². The minimum absolute atomic E-state index is 0.0296. The molecule has 1 fully saturated rings. The molecule has 2 atom stereocenters. The first-order valence-corrected chi connectivity index (χ1v) is 7.43. The van der Waals surface area contributed by atoms with E-state index in [9.17, 15) is 23.5 Å². The number of hydrogen-bond acceptors (Lipinski definition) is 2. The van der Waals surface area contributed by atoms with Crippen LogP contribution < -0.4 is 5.32 Å². The van der Waals surface area contributed by atoms with Gasteiger partial charge < -0.3 is 10.4 Å². The van der Waals surface area contributed by atoms with Gasteiger partial charge in [0.1, 0.15) is 11.6 Å². The van der Waals surface area contributed by atoms with Crippen molar-refractivity contribution in [2.45, 2.75) is 44.6 Å². The summed E-state index contributed by atoms with van der Waals surface area (Å²) in [6.07, 6.45) is 3.43. The summed E-state index contributed by atoms with van der Waals surface area (Å²) in [7, 11) is 0. The number of rotatable bonds is 4. The molecule has 2 unspecified atom stereocenters. The van der Waals surface area contributed by atoms with Gasteiger partial charge in [0.25, 0.3) is 0 Å². The molecule has 1 amide bonds. The lowest BCUT2D eigenvalue weighted by molar-refractivity contribution is -0.143. The second-order valence-corrected chi connectivity index (χ2v) is 5.67. The number of nitrogens with one attached hydrogen (secondary N) is 1. The lowest BCUT2D eigenvalue weighted by Crippen LogP contribution is -2.43. The minimum atomic E-state index is -0.927. The summed E-state index contributed by atoms with van der Waals surface area (Å²) < 4.78 is 26.6. The number of halogens is 2. The molecule has 4 nitrogen and oxygen atoms in total. The Morgan fingerprint density at radius 3 is 2.64 bits per heavy atom. The van der Waals surface area contributed by atoms with E-state index in [-0.39, 0.29) is 12.0 Å². The van der Waals surface area contributed by atoms with Crippen LogP contribution in [0.25, 0.3) is 0 Å². The lowest BCUT2D eigenvalue weighted by Gasteiger charge is -2.23. The quantitative estimate of drug-likeness (QED) is 0.840. The molecular formula is C16H19F2NO3. The van der Waals surface area contributed by atoms with E-state index in [1.165, 1.54) is 0 Å². The zero-order valence-electron chi connectivity index (χ0n) is 12.1. The Bertz CT molecular complexity index is 562. The first-order chi connectivity index (χ1) is 10.5. The monoisotopic (exact) mass is 311 g/mol. The second kappa shape index (κ2) is 7.33. The number of amides is 1. The average molecular weight is 311 g/mol. The van der Waals surface area contributed by atoms with Gasteiger partial charge in [-0.05, 0) is 31.0 Å². The molecule has 1 aromatic carbocycles. The van der Waals surface area contributed by atoms with E-state index >= 15 is 0 Å². The predicted molar refractivity (Wildman–Crippen MR) is 76.2 cm³/mol. The van der Waals surface area contributed by atoms with Gasteiger partial charge in [-0.1, -0.05) is 19.3 Å². The summed E-state index contributed by atoms with van der Waals surface area (Å²) in [5.41, 5.74) is -0.0296. The van der Waals surface area contributed by atoms with Gasteiger partial charge in [-0.25, -0.2) is 8.78 Å². The normalized spacial score (nSPS) is 21.9. The maximum Gasteiger partial charge on any atom is 0.308 e. The van der Waals surface area contributed by atoms with E-state index in [2.05, 4.69) is 5.32 Å². The van der Waals surface area contributed by atoms with Gasteiger partial charge in [-0.3, -0.25) is 9.59 Å². The van der Waals surface area contributed by atoms with Crippen molar-refractivity contribution in [1.29, 1.82) is 0 Å². The van der Waals surface area contributed by atoms with Crippen LogP contribution in [0.15, 0.2) is 18.2 Å². The van der Waals surface area contributed by atoms with Crippen LogP contribution in [0.5, 0.6) is 0 Å². The van der Waals surface area contributed by atoms with Crippen molar-refractivity contribution in [3.8, 4) is 0 Å². The molecule has 1 aromatic rings.